The molecule has 0 bridgehead atoms. The second-order valence-electron chi connectivity index (χ2n) is 8.19. The third-order valence-electron chi connectivity index (χ3n) is 5.93. The fourth-order valence-electron chi connectivity index (χ4n) is 3.66. The number of sulfonamides is 1. The lowest BCUT2D eigenvalue weighted by Crippen LogP contribution is -2.38. The summed E-state index contributed by atoms with van der Waals surface area (Å²) in [4.78, 5) is 13.0. The van der Waals surface area contributed by atoms with Crippen molar-refractivity contribution in [3.63, 3.8) is 0 Å². The standard InChI is InChI=1S/C22H36N2O3S/c1-5-7-8-19(6-2)16-23-22(25)21-15-20(10-9-18(21)4)28(26,27)24-13-11-17(3)12-14-24/h9-10,15,17,19H,5-8,11-14,16H2,1-4H3,(H,23,25)/t19-/m1/s1. The van der Waals surface area contributed by atoms with Crippen LogP contribution >= 0.6 is 0 Å². The topological polar surface area (TPSA) is 66.5 Å². The number of aryl methyl sites for hydroxylation is 1. The molecule has 1 heterocycles. The number of piperidine rings is 1. The van der Waals surface area contributed by atoms with E-state index in [-0.39, 0.29) is 10.8 Å². The van der Waals surface area contributed by atoms with Gasteiger partial charge in [-0.3, -0.25) is 4.79 Å². The first-order valence-corrected chi connectivity index (χ1v) is 12.1. The molecule has 0 aromatic heterocycles. The van der Waals surface area contributed by atoms with E-state index >= 15 is 0 Å². The largest absolute Gasteiger partial charge is 0.352 e. The summed E-state index contributed by atoms with van der Waals surface area (Å²) in [5.74, 6) is 0.841. The molecule has 5 nitrogen and oxygen atoms in total. The summed E-state index contributed by atoms with van der Waals surface area (Å²) >= 11 is 0. The van der Waals surface area contributed by atoms with Crippen molar-refractivity contribution in [3.05, 3.63) is 29.3 Å². The Morgan fingerprint density at radius 3 is 2.54 bits per heavy atom. The van der Waals surface area contributed by atoms with Crippen LogP contribution in [0.5, 0.6) is 0 Å². The van der Waals surface area contributed by atoms with Gasteiger partial charge in [0.1, 0.15) is 0 Å². The van der Waals surface area contributed by atoms with E-state index in [1.54, 1.807) is 22.5 Å². The van der Waals surface area contributed by atoms with E-state index in [0.29, 0.717) is 37.0 Å². The summed E-state index contributed by atoms with van der Waals surface area (Å²) < 4.78 is 27.6. The smallest absolute Gasteiger partial charge is 0.251 e. The van der Waals surface area contributed by atoms with Crippen molar-refractivity contribution in [3.8, 4) is 0 Å². The van der Waals surface area contributed by atoms with Crippen LogP contribution in [0.15, 0.2) is 23.1 Å². The molecule has 0 saturated carbocycles. The van der Waals surface area contributed by atoms with Gasteiger partial charge >= 0.3 is 0 Å². The van der Waals surface area contributed by atoms with E-state index in [0.717, 1.165) is 44.1 Å². The Kier molecular flexibility index (Phi) is 8.50. The van der Waals surface area contributed by atoms with Crippen molar-refractivity contribution in [2.75, 3.05) is 19.6 Å². The molecule has 1 aromatic rings. The molecule has 1 saturated heterocycles. The Morgan fingerprint density at radius 2 is 1.93 bits per heavy atom. The van der Waals surface area contributed by atoms with Gasteiger partial charge in [0.05, 0.1) is 4.90 Å². The monoisotopic (exact) mass is 408 g/mol. The SMILES string of the molecule is CCCC[C@@H](CC)CNC(=O)c1cc(S(=O)(=O)N2CCC(C)CC2)ccc1C. The van der Waals surface area contributed by atoms with Gasteiger partial charge in [-0.15, -0.1) is 0 Å². The maximum atomic E-state index is 13.0. The van der Waals surface area contributed by atoms with Gasteiger partial charge in [0.2, 0.25) is 10.0 Å². The number of nitrogens with zero attached hydrogens (tertiary/aromatic N) is 1. The molecule has 0 spiro atoms. The number of nitrogens with one attached hydrogen (secondary N) is 1. The third kappa shape index (κ3) is 5.80. The van der Waals surface area contributed by atoms with Crippen molar-refractivity contribution < 1.29 is 13.2 Å². The number of carbonyl (C=O) groups excluding carboxylic acids is 1. The lowest BCUT2D eigenvalue weighted by molar-refractivity contribution is 0.0945. The van der Waals surface area contributed by atoms with Gasteiger partial charge in [0.15, 0.2) is 0 Å². The molecule has 1 aromatic carbocycles. The van der Waals surface area contributed by atoms with Gasteiger partial charge in [-0.25, -0.2) is 8.42 Å². The summed E-state index contributed by atoms with van der Waals surface area (Å²) in [6.07, 6.45) is 6.21. The van der Waals surface area contributed by atoms with Crippen LogP contribution < -0.4 is 5.32 Å². The van der Waals surface area contributed by atoms with Crippen LogP contribution in [-0.2, 0) is 10.0 Å². The van der Waals surface area contributed by atoms with Crippen molar-refractivity contribution in [2.24, 2.45) is 11.8 Å². The Hall–Kier alpha value is -1.40. The second-order valence-corrected chi connectivity index (χ2v) is 10.1. The molecule has 1 N–H and O–H groups in total. The van der Waals surface area contributed by atoms with Crippen LogP contribution in [0, 0.1) is 18.8 Å². The van der Waals surface area contributed by atoms with Crippen molar-refractivity contribution in [1.82, 2.24) is 9.62 Å². The first-order valence-electron chi connectivity index (χ1n) is 10.7. The minimum Gasteiger partial charge on any atom is -0.352 e. The summed E-state index contributed by atoms with van der Waals surface area (Å²) in [5, 5.41) is 3.02. The van der Waals surface area contributed by atoms with Crippen LogP contribution in [-0.4, -0.2) is 38.3 Å². The number of benzene rings is 1. The number of rotatable bonds is 9. The molecule has 1 atom stereocenters. The van der Waals surface area contributed by atoms with Crippen LogP contribution in [0.3, 0.4) is 0 Å². The highest BCUT2D eigenvalue weighted by molar-refractivity contribution is 7.89. The summed E-state index contributed by atoms with van der Waals surface area (Å²) in [6, 6.07) is 4.91. The highest BCUT2D eigenvalue weighted by atomic mass is 32.2. The molecular weight excluding hydrogens is 372 g/mol. The summed E-state index contributed by atoms with van der Waals surface area (Å²) in [5.41, 5.74) is 1.25. The lowest BCUT2D eigenvalue weighted by atomic mass is 9.99. The predicted octanol–water partition coefficient (Wildman–Crippen LogP) is 4.36. The number of unbranched alkanes of at least 4 members (excludes halogenated alkanes) is 1. The zero-order valence-corrected chi connectivity index (χ0v) is 18.6. The van der Waals surface area contributed by atoms with E-state index in [1.165, 1.54) is 0 Å². The first-order chi connectivity index (χ1) is 13.3. The number of carbonyl (C=O) groups is 1. The molecule has 28 heavy (non-hydrogen) atoms. The van der Waals surface area contributed by atoms with Crippen molar-refractivity contribution in [2.45, 2.75) is 71.1 Å². The molecule has 6 heteroatoms. The number of amides is 1. The quantitative estimate of drug-likeness (QED) is 0.660. The highest BCUT2D eigenvalue weighted by Crippen LogP contribution is 2.25. The molecule has 1 amide bonds. The summed E-state index contributed by atoms with van der Waals surface area (Å²) in [7, 11) is -3.55. The van der Waals surface area contributed by atoms with Crippen LogP contribution in [0.4, 0.5) is 0 Å². The average Bonchev–Trinajstić information content (AvgIpc) is 2.68. The van der Waals surface area contributed by atoms with Gasteiger partial charge in [-0.1, -0.05) is 46.1 Å². The predicted molar refractivity (Wildman–Crippen MR) is 114 cm³/mol. The molecule has 1 aliphatic rings. The maximum Gasteiger partial charge on any atom is 0.251 e. The Morgan fingerprint density at radius 1 is 1.25 bits per heavy atom. The summed E-state index contributed by atoms with van der Waals surface area (Å²) in [6.45, 7) is 10.1. The van der Waals surface area contributed by atoms with Gasteiger partial charge in [-0.05, 0) is 55.7 Å². The first kappa shape index (κ1) is 22.9. The van der Waals surface area contributed by atoms with Crippen molar-refractivity contribution in [1.29, 1.82) is 0 Å². The molecule has 158 valence electrons. The zero-order chi connectivity index (χ0) is 20.7. The van der Waals surface area contributed by atoms with Gasteiger partial charge in [0.25, 0.3) is 5.91 Å². The van der Waals surface area contributed by atoms with Crippen LogP contribution in [0.1, 0.15) is 75.2 Å². The van der Waals surface area contributed by atoms with E-state index in [2.05, 4.69) is 26.1 Å². The van der Waals surface area contributed by atoms with E-state index < -0.39 is 10.0 Å². The normalized spacial score (nSPS) is 17.4. The van der Waals surface area contributed by atoms with E-state index in [4.69, 9.17) is 0 Å². The molecule has 2 rings (SSSR count). The Bertz CT molecular complexity index is 753. The zero-order valence-electron chi connectivity index (χ0n) is 17.8. The molecule has 0 radical (unpaired) electrons. The van der Waals surface area contributed by atoms with Gasteiger partial charge in [-0.2, -0.15) is 4.31 Å². The highest BCUT2D eigenvalue weighted by Gasteiger charge is 2.29. The number of hydrogen-bond acceptors (Lipinski definition) is 3. The Balaban J connectivity index is 2.12. The fourth-order valence-corrected chi connectivity index (χ4v) is 5.15. The second kappa shape index (κ2) is 10.4. The van der Waals surface area contributed by atoms with Gasteiger partial charge in [0, 0.05) is 25.2 Å². The van der Waals surface area contributed by atoms with Gasteiger partial charge < -0.3 is 5.32 Å². The molecule has 1 fully saturated rings. The van der Waals surface area contributed by atoms with Crippen molar-refractivity contribution >= 4 is 15.9 Å². The minimum atomic E-state index is -3.55. The lowest BCUT2D eigenvalue weighted by Gasteiger charge is -2.29. The third-order valence-corrected chi connectivity index (χ3v) is 7.82. The van der Waals surface area contributed by atoms with Crippen LogP contribution in [0.2, 0.25) is 0 Å². The molecule has 0 aliphatic carbocycles. The van der Waals surface area contributed by atoms with E-state index in [1.807, 2.05) is 6.92 Å². The number of hydrogen-bond donors (Lipinski definition) is 1. The fraction of sp³-hybridized carbons (Fsp3) is 0.682. The molecule has 0 unspecified atom stereocenters. The maximum absolute atomic E-state index is 13.0. The average molecular weight is 409 g/mol. The van der Waals surface area contributed by atoms with Crippen LogP contribution in [0.25, 0.3) is 0 Å². The molecular formula is C22H36N2O3S. The van der Waals surface area contributed by atoms with E-state index in [9.17, 15) is 13.2 Å². The Labute approximate surface area is 170 Å². The molecule has 1 aliphatic heterocycles. The minimum absolute atomic E-state index is 0.184.